The number of benzene rings is 1. The van der Waals surface area contributed by atoms with E-state index in [0.29, 0.717) is 0 Å². The third-order valence-electron chi connectivity index (χ3n) is 4.34. The first-order valence-electron chi connectivity index (χ1n) is 9.08. The van der Waals surface area contributed by atoms with Gasteiger partial charge in [-0.05, 0) is 57.5 Å². The fraction of sp³-hybridized carbons (Fsp3) is 0.579. The number of likely N-dealkylation sites (tertiary alicyclic amines) is 1. The van der Waals surface area contributed by atoms with E-state index in [-0.39, 0.29) is 11.9 Å². The Hall–Kier alpha value is -1.66. The van der Waals surface area contributed by atoms with Crippen LogP contribution in [-0.4, -0.2) is 54.8 Å². The van der Waals surface area contributed by atoms with Crippen LogP contribution in [0.3, 0.4) is 0 Å². The molecule has 1 aromatic rings. The third kappa shape index (κ3) is 6.63. The van der Waals surface area contributed by atoms with Crippen molar-refractivity contribution < 1.29 is 9.53 Å². The Morgan fingerprint density at radius 1 is 1.36 bits per heavy atom. The first-order valence-corrected chi connectivity index (χ1v) is 9.49. The van der Waals surface area contributed by atoms with Gasteiger partial charge in [0, 0.05) is 44.5 Å². The fourth-order valence-corrected chi connectivity index (χ4v) is 3.19. The molecule has 5 nitrogen and oxygen atoms in total. The average molecular weight is 364 g/mol. The number of piperidine rings is 1. The van der Waals surface area contributed by atoms with Gasteiger partial charge in [-0.25, -0.2) is 0 Å². The summed E-state index contributed by atoms with van der Waals surface area (Å²) in [6.07, 6.45) is 2.79. The van der Waals surface area contributed by atoms with Gasteiger partial charge in [0.05, 0.1) is 0 Å². The molecule has 1 heterocycles. The maximum Gasteiger partial charge on any atom is 0.251 e. The maximum absolute atomic E-state index is 12.3. The van der Waals surface area contributed by atoms with Crippen LogP contribution in [0.2, 0.25) is 0 Å². The van der Waals surface area contributed by atoms with Gasteiger partial charge in [-0.2, -0.15) is 0 Å². The van der Waals surface area contributed by atoms with Crippen LogP contribution in [0.1, 0.15) is 42.1 Å². The van der Waals surface area contributed by atoms with Gasteiger partial charge in [-0.15, -0.1) is 0 Å². The monoisotopic (exact) mass is 363 g/mol. The van der Waals surface area contributed by atoms with Crippen molar-refractivity contribution in [1.82, 2.24) is 15.5 Å². The zero-order valence-corrected chi connectivity index (χ0v) is 16.0. The quantitative estimate of drug-likeness (QED) is 0.576. The topological polar surface area (TPSA) is 53.6 Å². The highest BCUT2D eigenvalue weighted by atomic mass is 32.1. The highest BCUT2D eigenvalue weighted by molar-refractivity contribution is 7.80. The summed E-state index contributed by atoms with van der Waals surface area (Å²) in [5, 5.41) is 7.24. The maximum atomic E-state index is 12.3. The van der Waals surface area contributed by atoms with Crippen molar-refractivity contribution in [3.05, 3.63) is 35.4 Å². The normalized spacial score (nSPS) is 15.0. The Kier molecular flexibility index (Phi) is 8.15. The number of nitrogens with one attached hydrogen (secondary N) is 2. The van der Waals surface area contributed by atoms with E-state index >= 15 is 0 Å². The van der Waals surface area contributed by atoms with Crippen LogP contribution >= 0.6 is 12.2 Å². The highest BCUT2D eigenvalue weighted by Crippen LogP contribution is 2.12. The van der Waals surface area contributed by atoms with Gasteiger partial charge in [-0.3, -0.25) is 4.79 Å². The van der Waals surface area contributed by atoms with Gasteiger partial charge >= 0.3 is 0 Å². The number of carbonyl (C=O) groups excluding carboxylic acids is 1. The number of amides is 1. The first-order chi connectivity index (χ1) is 12.1. The molecule has 1 amide bonds. The molecule has 0 aromatic heterocycles. The zero-order valence-electron chi connectivity index (χ0n) is 15.2. The van der Waals surface area contributed by atoms with Crippen LogP contribution in [0.15, 0.2) is 24.3 Å². The molecule has 2 N–H and O–H groups in total. The Labute approximate surface area is 156 Å². The molecule has 1 aliphatic rings. The number of aryl methyl sites for hydroxylation is 1. The number of ether oxygens (including phenoxy) is 1. The van der Waals surface area contributed by atoms with E-state index in [2.05, 4.69) is 15.5 Å². The summed E-state index contributed by atoms with van der Waals surface area (Å²) in [5.41, 5.74) is 1.83. The number of thiocarbonyl (C=S) groups is 1. The van der Waals surface area contributed by atoms with E-state index in [1.165, 1.54) is 0 Å². The van der Waals surface area contributed by atoms with Crippen molar-refractivity contribution >= 4 is 23.2 Å². The molecule has 0 saturated carbocycles. The second-order valence-electron chi connectivity index (χ2n) is 6.39. The van der Waals surface area contributed by atoms with Crippen molar-refractivity contribution in [2.45, 2.75) is 39.2 Å². The Bertz CT molecular complexity index is 572. The van der Waals surface area contributed by atoms with E-state index in [4.69, 9.17) is 17.0 Å². The van der Waals surface area contributed by atoms with Crippen molar-refractivity contribution in [1.29, 1.82) is 0 Å². The molecule has 1 fully saturated rings. The third-order valence-corrected chi connectivity index (χ3v) is 4.75. The van der Waals surface area contributed by atoms with Gasteiger partial charge < -0.3 is 20.3 Å². The highest BCUT2D eigenvalue weighted by Gasteiger charge is 2.22. The van der Waals surface area contributed by atoms with Crippen LogP contribution in [-0.2, 0) is 4.74 Å². The lowest BCUT2D eigenvalue weighted by atomic mass is 10.0. The standard InChI is InChI=1S/C19H29N3O2S/c1-3-24-13-5-10-20-19(25)22-11-8-17(9-12-22)21-18(23)16-7-4-6-15(2)14-16/h4,6-7,14,17H,3,5,8-13H2,1-2H3,(H,20,25)(H,21,23). The van der Waals surface area contributed by atoms with Gasteiger partial charge in [0.2, 0.25) is 0 Å². The Morgan fingerprint density at radius 3 is 2.80 bits per heavy atom. The number of carbonyl (C=O) groups is 1. The van der Waals surface area contributed by atoms with Gasteiger partial charge in [-0.1, -0.05) is 17.7 Å². The first kappa shape index (κ1) is 19.7. The molecule has 25 heavy (non-hydrogen) atoms. The predicted octanol–water partition coefficient (Wildman–Crippen LogP) is 2.49. The van der Waals surface area contributed by atoms with Crippen LogP contribution in [0.5, 0.6) is 0 Å². The Balaban J connectivity index is 1.68. The molecule has 0 bridgehead atoms. The molecule has 138 valence electrons. The van der Waals surface area contributed by atoms with E-state index in [1.54, 1.807) is 0 Å². The number of nitrogens with zero attached hydrogens (tertiary/aromatic N) is 1. The molecule has 0 spiro atoms. The van der Waals surface area contributed by atoms with Gasteiger partial charge in [0.1, 0.15) is 0 Å². The second-order valence-corrected chi connectivity index (χ2v) is 6.77. The van der Waals surface area contributed by atoms with Crippen LogP contribution in [0.25, 0.3) is 0 Å². The molecular weight excluding hydrogens is 334 g/mol. The summed E-state index contributed by atoms with van der Waals surface area (Å²) in [4.78, 5) is 14.5. The van der Waals surface area contributed by atoms with E-state index in [1.807, 2.05) is 38.1 Å². The Morgan fingerprint density at radius 2 is 2.12 bits per heavy atom. The molecule has 2 rings (SSSR count). The molecule has 1 aromatic carbocycles. The minimum Gasteiger partial charge on any atom is -0.382 e. The number of hydrogen-bond acceptors (Lipinski definition) is 3. The van der Waals surface area contributed by atoms with Crippen LogP contribution in [0, 0.1) is 6.92 Å². The SMILES string of the molecule is CCOCCCNC(=S)N1CCC(NC(=O)c2cccc(C)c2)CC1. The average Bonchev–Trinajstić information content (AvgIpc) is 2.62. The fourth-order valence-electron chi connectivity index (χ4n) is 2.91. The smallest absolute Gasteiger partial charge is 0.251 e. The lowest BCUT2D eigenvalue weighted by molar-refractivity contribution is 0.0922. The van der Waals surface area contributed by atoms with E-state index in [0.717, 1.165) is 68.3 Å². The molecule has 1 saturated heterocycles. The van der Waals surface area contributed by atoms with Crippen LogP contribution in [0.4, 0.5) is 0 Å². The summed E-state index contributed by atoms with van der Waals surface area (Å²) >= 11 is 5.46. The summed E-state index contributed by atoms with van der Waals surface area (Å²) in [5.74, 6) is 0.0128. The van der Waals surface area contributed by atoms with Crippen molar-refractivity contribution in [3.63, 3.8) is 0 Å². The van der Waals surface area contributed by atoms with Crippen molar-refractivity contribution in [2.24, 2.45) is 0 Å². The van der Waals surface area contributed by atoms with Gasteiger partial charge in [0.25, 0.3) is 5.91 Å². The zero-order chi connectivity index (χ0) is 18.1. The van der Waals surface area contributed by atoms with E-state index in [9.17, 15) is 4.79 Å². The lowest BCUT2D eigenvalue weighted by Gasteiger charge is -2.34. The summed E-state index contributed by atoms with van der Waals surface area (Å²) in [6, 6.07) is 7.91. The molecular formula is C19H29N3O2S. The van der Waals surface area contributed by atoms with E-state index < -0.39 is 0 Å². The molecule has 0 aliphatic carbocycles. The van der Waals surface area contributed by atoms with Crippen LogP contribution < -0.4 is 10.6 Å². The van der Waals surface area contributed by atoms with Gasteiger partial charge in [0.15, 0.2) is 5.11 Å². The summed E-state index contributed by atoms with van der Waals surface area (Å²) < 4.78 is 5.32. The molecule has 6 heteroatoms. The minimum absolute atomic E-state index is 0.0128. The number of hydrogen-bond donors (Lipinski definition) is 2. The summed E-state index contributed by atoms with van der Waals surface area (Å²) in [6.45, 7) is 8.10. The predicted molar refractivity (Wildman–Crippen MR) is 105 cm³/mol. The lowest BCUT2D eigenvalue weighted by Crippen LogP contribution is -2.49. The molecule has 1 aliphatic heterocycles. The second kappa shape index (κ2) is 10.4. The molecule has 0 radical (unpaired) electrons. The molecule has 0 atom stereocenters. The largest absolute Gasteiger partial charge is 0.382 e. The minimum atomic E-state index is 0.0128. The van der Waals surface area contributed by atoms with Crippen molar-refractivity contribution in [3.8, 4) is 0 Å². The number of rotatable bonds is 7. The van der Waals surface area contributed by atoms with Crippen molar-refractivity contribution in [2.75, 3.05) is 32.8 Å². The molecule has 0 unspecified atom stereocenters. The summed E-state index contributed by atoms with van der Waals surface area (Å²) in [7, 11) is 0.